The summed E-state index contributed by atoms with van der Waals surface area (Å²) in [6.45, 7) is 9.70. The molecule has 140 valence electrons. The van der Waals surface area contributed by atoms with Crippen LogP contribution in [0.4, 0.5) is 0 Å². The fourth-order valence-corrected chi connectivity index (χ4v) is 3.63. The largest absolute Gasteiger partial charge is 0.356 e. The molecule has 2 aromatic heterocycles. The third-order valence-electron chi connectivity index (χ3n) is 5.00. The van der Waals surface area contributed by atoms with E-state index in [2.05, 4.69) is 20.0 Å². The molecule has 0 N–H and O–H groups in total. The summed E-state index contributed by atoms with van der Waals surface area (Å²) >= 11 is 0. The molecule has 0 spiro atoms. The highest BCUT2D eigenvalue weighted by Crippen LogP contribution is 2.32. The number of hydrogen-bond donors (Lipinski definition) is 0. The van der Waals surface area contributed by atoms with Crippen LogP contribution in [0.2, 0.25) is 0 Å². The van der Waals surface area contributed by atoms with Gasteiger partial charge in [-0.2, -0.15) is 0 Å². The van der Waals surface area contributed by atoms with Gasteiger partial charge in [0.2, 0.25) is 5.91 Å². The molecule has 1 fully saturated rings. The number of likely N-dealkylation sites (N-methyl/N-ethyl adjacent to an activating group) is 1. The smallest absolute Gasteiger partial charge is 0.236 e. The maximum atomic E-state index is 12.4. The summed E-state index contributed by atoms with van der Waals surface area (Å²) in [6.07, 6.45) is 5.48. The zero-order valence-corrected chi connectivity index (χ0v) is 15.8. The summed E-state index contributed by atoms with van der Waals surface area (Å²) in [5, 5.41) is 3.98. The van der Waals surface area contributed by atoms with E-state index < -0.39 is 0 Å². The van der Waals surface area contributed by atoms with Gasteiger partial charge < -0.3 is 9.42 Å². The zero-order valence-electron chi connectivity index (χ0n) is 15.8. The van der Waals surface area contributed by atoms with Gasteiger partial charge in [-0.15, -0.1) is 0 Å². The first-order valence-electron chi connectivity index (χ1n) is 9.36. The lowest BCUT2D eigenvalue weighted by Gasteiger charge is -2.33. The fraction of sp³-hybridized carbons (Fsp3) is 0.579. The highest BCUT2D eigenvalue weighted by atomic mass is 16.5. The molecule has 26 heavy (non-hydrogen) atoms. The van der Waals surface area contributed by atoms with Crippen LogP contribution >= 0.6 is 0 Å². The predicted octanol–water partition coefficient (Wildman–Crippen LogP) is 2.49. The van der Waals surface area contributed by atoms with Crippen molar-refractivity contribution in [3.8, 4) is 11.3 Å². The van der Waals surface area contributed by atoms with Crippen molar-refractivity contribution in [3.05, 3.63) is 30.0 Å². The number of aryl methyl sites for hydroxylation is 1. The Hall–Kier alpha value is -2.28. The normalized spacial score (nSPS) is 18.0. The van der Waals surface area contributed by atoms with Crippen molar-refractivity contribution >= 4 is 5.91 Å². The van der Waals surface area contributed by atoms with E-state index in [9.17, 15) is 4.79 Å². The summed E-state index contributed by atoms with van der Waals surface area (Å²) in [5.74, 6) is 1.16. The van der Waals surface area contributed by atoms with Gasteiger partial charge in [0.15, 0.2) is 5.76 Å². The van der Waals surface area contributed by atoms with Gasteiger partial charge in [-0.1, -0.05) is 5.16 Å². The van der Waals surface area contributed by atoms with Gasteiger partial charge in [-0.25, -0.2) is 9.97 Å². The van der Waals surface area contributed by atoms with Crippen LogP contribution in [-0.4, -0.2) is 63.6 Å². The van der Waals surface area contributed by atoms with E-state index in [0.717, 1.165) is 56.0 Å². The lowest BCUT2D eigenvalue weighted by molar-refractivity contribution is -0.132. The van der Waals surface area contributed by atoms with Crippen molar-refractivity contribution in [1.82, 2.24) is 24.9 Å². The second kappa shape index (κ2) is 8.40. The summed E-state index contributed by atoms with van der Waals surface area (Å²) in [4.78, 5) is 25.3. The Morgan fingerprint density at radius 2 is 2.19 bits per heavy atom. The predicted molar refractivity (Wildman–Crippen MR) is 98.6 cm³/mol. The number of amides is 1. The van der Waals surface area contributed by atoms with Gasteiger partial charge in [-0.3, -0.25) is 9.69 Å². The van der Waals surface area contributed by atoms with Crippen molar-refractivity contribution in [2.45, 2.75) is 39.5 Å². The molecule has 0 unspecified atom stereocenters. The van der Waals surface area contributed by atoms with Gasteiger partial charge in [0.1, 0.15) is 6.33 Å². The molecule has 1 aliphatic rings. The van der Waals surface area contributed by atoms with E-state index in [1.54, 1.807) is 12.5 Å². The number of hydrogen-bond acceptors (Lipinski definition) is 6. The first-order chi connectivity index (χ1) is 12.6. The van der Waals surface area contributed by atoms with Gasteiger partial charge >= 0.3 is 0 Å². The third kappa shape index (κ3) is 4.09. The molecule has 3 heterocycles. The Balaban J connectivity index is 1.75. The van der Waals surface area contributed by atoms with Crippen LogP contribution < -0.4 is 0 Å². The maximum Gasteiger partial charge on any atom is 0.236 e. The molecular weight excluding hydrogens is 330 g/mol. The molecule has 1 amide bonds. The highest BCUT2D eigenvalue weighted by Gasteiger charge is 2.27. The number of carbonyl (C=O) groups excluding carboxylic acids is 1. The van der Waals surface area contributed by atoms with Crippen molar-refractivity contribution in [1.29, 1.82) is 0 Å². The first kappa shape index (κ1) is 18.5. The molecule has 0 aromatic carbocycles. The van der Waals surface area contributed by atoms with Crippen LogP contribution in [0, 0.1) is 6.92 Å². The van der Waals surface area contributed by atoms with Gasteiger partial charge in [0.05, 0.1) is 23.5 Å². The molecular formula is C19H27N5O2. The van der Waals surface area contributed by atoms with E-state index in [1.807, 2.05) is 31.7 Å². The minimum absolute atomic E-state index is 0.199. The van der Waals surface area contributed by atoms with Crippen LogP contribution in [0.3, 0.4) is 0 Å². The molecule has 7 heteroatoms. The molecule has 0 aliphatic carbocycles. The Morgan fingerprint density at radius 1 is 1.38 bits per heavy atom. The molecule has 1 atom stereocenters. The standard InChI is InChI=1S/C19H27N5O2/c1-4-24(5-2)18(25)12-23-8-6-7-15(11-23)19-16(10-20-13-21-19)17-9-14(3)22-26-17/h9-10,13,15H,4-8,11-12H2,1-3H3/t15-/m0/s1. The Labute approximate surface area is 154 Å². The van der Waals surface area contributed by atoms with E-state index in [0.29, 0.717) is 12.3 Å². The highest BCUT2D eigenvalue weighted by molar-refractivity contribution is 5.78. The third-order valence-corrected chi connectivity index (χ3v) is 5.00. The first-order valence-corrected chi connectivity index (χ1v) is 9.36. The lowest BCUT2D eigenvalue weighted by atomic mass is 9.91. The average Bonchev–Trinajstić information content (AvgIpc) is 3.09. The number of likely N-dealkylation sites (tertiary alicyclic amines) is 1. The Morgan fingerprint density at radius 3 is 2.88 bits per heavy atom. The minimum Gasteiger partial charge on any atom is -0.356 e. The summed E-state index contributed by atoms with van der Waals surface area (Å²) in [6, 6.07) is 1.91. The van der Waals surface area contributed by atoms with Crippen LogP contribution in [-0.2, 0) is 4.79 Å². The molecule has 1 aliphatic heterocycles. The van der Waals surface area contributed by atoms with Gasteiger partial charge in [0, 0.05) is 37.8 Å². The number of aromatic nitrogens is 3. The Kier molecular flexibility index (Phi) is 5.98. The summed E-state index contributed by atoms with van der Waals surface area (Å²) in [7, 11) is 0. The van der Waals surface area contributed by atoms with Crippen LogP contribution in [0.25, 0.3) is 11.3 Å². The van der Waals surface area contributed by atoms with Crippen LogP contribution in [0.1, 0.15) is 44.0 Å². The van der Waals surface area contributed by atoms with Gasteiger partial charge in [-0.05, 0) is 40.2 Å². The number of carbonyl (C=O) groups is 1. The molecule has 0 radical (unpaired) electrons. The van der Waals surface area contributed by atoms with Crippen molar-refractivity contribution in [3.63, 3.8) is 0 Å². The van der Waals surface area contributed by atoms with E-state index in [4.69, 9.17) is 4.52 Å². The topological polar surface area (TPSA) is 75.4 Å². The summed E-state index contributed by atoms with van der Waals surface area (Å²) < 4.78 is 5.43. The van der Waals surface area contributed by atoms with Crippen molar-refractivity contribution in [2.24, 2.45) is 0 Å². The maximum absolute atomic E-state index is 12.4. The molecule has 1 saturated heterocycles. The van der Waals surface area contributed by atoms with E-state index in [-0.39, 0.29) is 11.8 Å². The van der Waals surface area contributed by atoms with Crippen molar-refractivity contribution < 1.29 is 9.32 Å². The molecule has 7 nitrogen and oxygen atoms in total. The SMILES string of the molecule is CCN(CC)C(=O)CN1CCC[C@H](c2ncncc2-c2cc(C)no2)C1. The Bertz CT molecular complexity index is 741. The lowest BCUT2D eigenvalue weighted by Crippen LogP contribution is -2.43. The molecule has 0 bridgehead atoms. The number of rotatable bonds is 6. The minimum atomic E-state index is 0.199. The van der Waals surface area contributed by atoms with Crippen LogP contribution in [0.5, 0.6) is 0 Å². The van der Waals surface area contributed by atoms with E-state index >= 15 is 0 Å². The monoisotopic (exact) mass is 357 g/mol. The second-order valence-electron chi connectivity index (χ2n) is 6.79. The average molecular weight is 357 g/mol. The molecule has 2 aromatic rings. The van der Waals surface area contributed by atoms with E-state index in [1.165, 1.54) is 0 Å². The quantitative estimate of drug-likeness (QED) is 0.791. The number of nitrogens with zero attached hydrogens (tertiary/aromatic N) is 5. The zero-order chi connectivity index (χ0) is 18.5. The van der Waals surface area contributed by atoms with Crippen LogP contribution in [0.15, 0.2) is 23.1 Å². The van der Waals surface area contributed by atoms with Crippen molar-refractivity contribution in [2.75, 3.05) is 32.7 Å². The molecule has 3 rings (SSSR count). The van der Waals surface area contributed by atoms with Gasteiger partial charge in [0.25, 0.3) is 0 Å². The molecule has 0 saturated carbocycles. The fourth-order valence-electron chi connectivity index (χ4n) is 3.63. The summed E-state index contributed by atoms with van der Waals surface area (Å²) in [5.41, 5.74) is 2.72. The number of piperidine rings is 1. The second-order valence-corrected chi connectivity index (χ2v) is 6.79.